The van der Waals surface area contributed by atoms with E-state index in [0.29, 0.717) is 0 Å². The summed E-state index contributed by atoms with van der Waals surface area (Å²) < 4.78 is 75.2. The molecule has 2 aromatic rings. The van der Waals surface area contributed by atoms with Crippen LogP contribution >= 0.6 is 15.9 Å². The van der Waals surface area contributed by atoms with Crippen LogP contribution in [0.4, 0.5) is 26.3 Å². The van der Waals surface area contributed by atoms with Gasteiger partial charge in [-0.3, -0.25) is 0 Å². The maximum atomic E-state index is 12.7. The zero-order valence-corrected chi connectivity index (χ0v) is 11.6. The van der Waals surface area contributed by atoms with Crippen molar-refractivity contribution >= 4 is 15.9 Å². The summed E-state index contributed by atoms with van der Waals surface area (Å²) in [6.45, 7) is 0. The summed E-state index contributed by atoms with van der Waals surface area (Å²) in [4.78, 5) is 3.45. The average molecular weight is 370 g/mol. The van der Waals surface area contributed by atoms with Crippen molar-refractivity contribution in [1.82, 2.24) is 4.98 Å². The zero-order chi connectivity index (χ0) is 15.8. The highest BCUT2D eigenvalue weighted by molar-refractivity contribution is 9.10. The molecule has 0 spiro atoms. The minimum Gasteiger partial charge on any atom is -0.242 e. The second-order valence-corrected chi connectivity index (χ2v) is 4.95. The van der Waals surface area contributed by atoms with Gasteiger partial charge in [0, 0.05) is 10.0 Å². The Balaban J connectivity index is 2.44. The van der Waals surface area contributed by atoms with E-state index < -0.39 is 23.6 Å². The Hall–Kier alpha value is -1.57. The standard InChI is InChI=1S/C13H6BrF6N/c14-9-5-6-10(21-11(9)13(18,19)20)7-1-3-8(4-2-7)12(15,16)17/h1-6H. The fourth-order valence-corrected chi connectivity index (χ4v) is 2.08. The van der Waals surface area contributed by atoms with Gasteiger partial charge in [0.1, 0.15) is 0 Å². The molecular weight excluding hydrogens is 364 g/mol. The Morgan fingerprint density at radius 1 is 0.762 bits per heavy atom. The van der Waals surface area contributed by atoms with E-state index in [1.807, 2.05) is 0 Å². The van der Waals surface area contributed by atoms with Crippen LogP contribution in [0.15, 0.2) is 40.9 Å². The predicted octanol–water partition coefficient (Wildman–Crippen LogP) is 5.55. The zero-order valence-electron chi connectivity index (χ0n) is 10.1. The van der Waals surface area contributed by atoms with Crippen LogP contribution in [0.2, 0.25) is 0 Å². The van der Waals surface area contributed by atoms with Gasteiger partial charge in [-0.2, -0.15) is 26.3 Å². The van der Waals surface area contributed by atoms with Gasteiger partial charge in [0.25, 0.3) is 0 Å². The van der Waals surface area contributed by atoms with Crippen molar-refractivity contribution in [1.29, 1.82) is 0 Å². The van der Waals surface area contributed by atoms with Gasteiger partial charge in [-0.15, -0.1) is 0 Å². The lowest BCUT2D eigenvalue weighted by Crippen LogP contribution is -2.09. The maximum Gasteiger partial charge on any atom is 0.434 e. The fourth-order valence-electron chi connectivity index (χ4n) is 1.63. The normalized spacial score (nSPS) is 12.5. The Morgan fingerprint density at radius 3 is 1.81 bits per heavy atom. The monoisotopic (exact) mass is 369 g/mol. The van der Waals surface area contributed by atoms with E-state index in [2.05, 4.69) is 20.9 Å². The van der Waals surface area contributed by atoms with E-state index in [1.54, 1.807) is 0 Å². The lowest BCUT2D eigenvalue weighted by molar-refractivity contribution is -0.141. The van der Waals surface area contributed by atoms with E-state index in [-0.39, 0.29) is 15.7 Å². The number of aromatic nitrogens is 1. The Bertz CT molecular complexity index is 645. The molecule has 0 atom stereocenters. The number of alkyl halides is 6. The fraction of sp³-hybridized carbons (Fsp3) is 0.154. The van der Waals surface area contributed by atoms with Gasteiger partial charge >= 0.3 is 12.4 Å². The highest BCUT2D eigenvalue weighted by Gasteiger charge is 2.35. The summed E-state index contributed by atoms with van der Waals surface area (Å²) in [6.07, 6.45) is -9.15. The third-order valence-electron chi connectivity index (χ3n) is 2.62. The van der Waals surface area contributed by atoms with Crippen LogP contribution in [0, 0.1) is 0 Å². The van der Waals surface area contributed by atoms with Gasteiger partial charge in [0.05, 0.1) is 11.3 Å². The minimum absolute atomic E-state index is 0.0563. The summed E-state index contributed by atoms with van der Waals surface area (Å²) in [7, 11) is 0. The van der Waals surface area contributed by atoms with E-state index >= 15 is 0 Å². The number of hydrogen-bond donors (Lipinski definition) is 0. The highest BCUT2D eigenvalue weighted by Crippen LogP contribution is 2.35. The number of rotatable bonds is 1. The molecule has 0 saturated heterocycles. The molecule has 112 valence electrons. The summed E-state index contributed by atoms with van der Waals surface area (Å²) in [5.74, 6) is 0. The maximum absolute atomic E-state index is 12.7. The number of benzene rings is 1. The van der Waals surface area contributed by atoms with Crippen molar-refractivity contribution < 1.29 is 26.3 Å². The quantitative estimate of drug-likeness (QED) is 0.600. The van der Waals surface area contributed by atoms with Crippen molar-refractivity contribution in [3.8, 4) is 11.3 Å². The van der Waals surface area contributed by atoms with E-state index in [9.17, 15) is 26.3 Å². The predicted molar refractivity (Wildman–Crippen MR) is 67.4 cm³/mol. The summed E-state index contributed by atoms with van der Waals surface area (Å²) in [5, 5.41) is 0. The van der Waals surface area contributed by atoms with E-state index in [0.717, 1.165) is 30.3 Å². The second kappa shape index (κ2) is 5.32. The molecular formula is C13H6BrF6N. The van der Waals surface area contributed by atoms with Crippen LogP contribution in [0.1, 0.15) is 11.3 Å². The molecule has 0 aliphatic heterocycles. The van der Waals surface area contributed by atoms with Crippen LogP contribution in [0.25, 0.3) is 11.3 Å². The molecule has 2 rings (SSSR count). The van der Waals surface area contributed by atoms with Gasteiger partial charge in [0.2, 0.25) is 0 Å². The number of nitrogens with zero attached hydrogens (tertiary/aromatic N) is 1. The first-order valence-electron chi connectivity index (χ1n) is 5.50. The second-order valence-electron chi connectivity index (χ2n) is 4.10. The molecule has 21 heavy (non-hydrogen) atoms. The number of halogens is 7. The summed E-state index contributed by atoms with van der Waals surface area (Å²) >= 11 is 2.75. The van der Waals surface area contributed by atoms with Crippen molar-refractivity contribution in [3.63, 3.8) is 0 Å². The molecule has 0 radical (unpaired) electrons. The van der Waals surface area contributed by atoms with Crippen molar-refractivity contribution in [2.45, 2.75) is 12.4 Å². The molecule has 0 saturated carbocycles. The Morgan fingerprint density at radius 2 is 1.33 bits per heavy atom. The minimum atomic E-state index is -4.65. The SMILES string of the molecule is FC(F)(F)c1ccc(-c2ccc(Br)c(C(F)(F)F)n2)cc1. The lowest BCUT2D eigenvalue weighted by atomic mass is 10.1. The molecule has 0 bridgehead atoms. The topological polar surface area (TPSA) is 12.9 Å². The largest absolute Gasteiger partial charge is 0.434 e. The first kappa shape index (κ1) is 15.8. The van der Waals surface area contributed by atoms with Gasteiger partial charge in [-0.25, -0.2) is 4.98 Å². The van der Waals surface area contributed by atoms with Gasteiger partial charge in [-0.1, -0.05) is 12.1 Å². The van der Waals surface area contributed by atoms with Crippen LogP contribution in [-0.4, -0.2) is 4.98 Å². The molecule has 0 unspecified atom stereocenters. The molecule has 0 aliphatic carbocycles. The number of pyridine rings is 1. The van der Waals surface area contributed by atoms with Crippen molar-refractivity contribution in [2.75, 3.05) is 0 Å². The Labute approximate surface area is 123 Å². The molecule has 1 aromatic carbocycles. The van der Waals surface area contributed by atoms with Gasteiger partial charge in [0.15, 0.2) is 5.69 Å². The first-order valence-corrected chi connectivity index (χ1v) is 6.30. The summed E-state index contributed by atoms with van der Waals surface area (Å²) in [5.41, 5.74) is -1.89. The molecule has 8 heteroatoms. The van der Waals surface area contributed by atoms with E-state index in [1.165, 1.54) is 6.07 Å². The molecule has 0 amide bonds. The number of hydrogen-bond acceptors (Lipinski definition) is 1. The van der Waals surface area contributed by atoms with Gasteiger partial charge in [-0.05, 0) is 40.2 Å². The smallest absolute Gasteiger partial charge is 0.242 e. The molecule has 1 aromatic heterocycles. The molecule has 1 heterocycles. The van der Waals surface area contributed by atoms with Crippen LogP contribution in [-0.2, 0) is 12.4 Å². The molecule has 0 N–H and O–H groups in total. The lowest BCUT2D eigenvalue weighted by Gasteiger charge is -2.11. The van der Waals surface area contributed by atoms with Gasteiger partial charge < -0.3 is 0 Å². The van der Waals surface area contributed by atoms with Crippen LogP contribution < -0.4 is 0 Å². The summed E-state index contributed by atoms with van der Waals surface area (Å²) in [6, 6.07) is 6.21. The van der Waals surface area contributed by atoms with Crippen LogP contribution in [0.5, 0.6) is 0 Å². The average Bonchev–Trinajstić information content (AvgIpc) is 2.37. The molecule has 1 nitrogen and oxygen atoms in total. The molecule has 0 aliphatic rings. The highest BCUT2D eigenvalue weighted by atomic mass is 79.9. The van der Waals surface area contributed by atoms with E-state index in [4.69, 9.17) is 0 Å². The third-order valence-corrected chi connectivity index (χ3v) is 3.26. The van der Waals surface area contributed by atoms with Crippen molar-refractivity contribution in [2.24, 2.45) is 0 Å². The van der Waals surface area contributed by atoms with Crippen molar-refractivity contribution in [3.05, 3.63) is 52.1 Å². The third kappa shape index (κ3) is 3.55. The Kier molecular flexibility index (Phi) is 4.01. The first-order chi connectivity index (χ1) is 9.59. The molecule has 0 fully saturated rings. The van der Waals surface area contributed by atoms with Crippen LogP contribution in [0.3, 0.4) is 0 Å².